The molecule has 0 saturated carbocycles. The summed E-state index contributed by atoms with van der Waals surface area (Å²) in [7, 11) is 3.67. The van der Waals surface area contributed by atoms with Crippen LogP contribution < -0.4 is 5.32 Å². The van der Waals surface area contributed by atoms with Crippen LogP contribution in [0.5, 0.6) is 0 Å². The molecule has 0 saturated heterocycles. The van der Waals surface area contributed by atoms with Gasteiger partial charge in [-0.25, -0.2) is 0 Å². The van der Waals surface area contributed by atoms with Gasteiger partial charge < -0.3 is 5.32 Å². The first-order valence-corrected chi connectivity index (χ1v) is 3.24. The number of rotatable bonds is 4. The third-order valence-corrected chi connectivity index (χ3v) is 1.07. The van der Waals surface area contributed by atoms with E-state index in [1.807, 2.05) is 19.2 Å². The van der Waals surface area contributed by atoms with Crippen molar-refractivity contribution in [3.8, 4) is 0 Å². The van der Waals surface area contributed by atoms with Crippen molar-refractivity contribution in [1.82, 2.24) is 5.32 Å². The van der Waals surface area contributed by atoms with Crippen LogP contribution in [-0.2, 0) is 0 Å². The lowest BCUT2D eigenvalue weighted by atomic mass is 10.3. The molecule has 0 amide bonds. The van der Waals surface area contributed by atoms with Gasteiger partial charge in [-0.05, 0) is 13.1 Å². The number of hydrogen-bond acceptors (Lipinski definition) is 2. The maximum Gasteiger partial charge on any atom is 0.0482 e. The first-order valence-electron chi connectivity index (χ1n) is 3.24. The molecule has 10 heavy (non-hydrogen) atoms. The summed E-state index contributed by atoms with van der Waals surface area (Å²) >= 11 is 0. The van der Waals surface area contributed by atoms with Crippen LogP contribution in [0.2, 0.25) is 0 Å². The topological polar surface area (TPSA) is 24.4 Å². The minimum atomic E-state index is 0.806. The molecule has 2 heteroatoms. The molecule has 1 N–H and O–H groups in total. The quantitative estimate of drug-likeness (QED) is 0.455. The van der Waals surface area contributed by atoms with Gasteiger partial charge in [-0.1, -0.05) is 18.7 Å². The Labute approximate surface area is 62.4 Å². The minimum absolute atomic E-state index is 0.806. The summed E-state index contributed by atoms with van der Waals surface area (Å²) in [4.78, 5) is 4.03. The van der Waals surface area contributed by atoms with Gasteiger partial charge >= 0.3 is 0 Å². The summed E-state index contributed by atoms with van der Waals surface area (Å²) < 4.78 is 0. The molecule has 0 bridgehead atoms. The molecule has 56 valence electrons. The van der Waals surface area contributed by atoms with E-state index in [2.05, 4.69) is 16.9 Å². The molecule has 0 aliphatic rings. The van der Waals surface area contributed by atoms with E-state index in [9.17, 15) is 0 Å². The zero-order valence-corrected chi connectivity index (χ0v) is 6.59. The Hall–Kier alpha value is -0.890. The Morgan fingerprint density at radius 2 is 2.40 bits per heavy atom. The van der Waals surface area contributed by atoms with Gasteiger partial charge in [0.2, 0.25) is 0 Å². The van der Waals surface area contributed by atoms with Gasteiger partial charge in [-0.3, -0.25) is 4.99 Å². The number of aliphatic imine (C=N–C) groups is 1. The van der Waals surface area contributed by atoms with Gasteiger partial charge in [0.15, 0.2) is 0 Å². The third kappa shape index (κ3) is 4.04. The number of nitrogens with zero attached hydrogens (tertiary/aromatic N) is 1. The van der Waals surface area contributed by atoms with E-state index in [0.717, 1.165) is 12.3 Å². The predicted molar refractivity (Wildman–Crippen MR) is 46.6 cm³/mol. The first-order chi connectivity index (χ1) is 4.85. The van der Waals surface area contributed by atoms with E-state index in [0.29, 0.717) is 0 Å². The van der Waals surface area contributed by atoms with E-state index < -0.39 is 0 Å². The van der Waals surface area contributed by atoms with Crippen LogP contribution in [0.1, 0.15) is 0 Å². The Morgan fingerprint density at radius 3 is 2.80 bits per heavy atom. The van der Waals surface area contributed by atoms with Crippen LogP contribution in [0, 0.1) is 0 Å². The van der Waals surface area contributed by atoms with Crippen molar-refractivity contribution in [3.05, 3.63) is 24.8 Å². The summed E-state index contributed by atoms with van der Waals surface area (Å²) in [5, 5.41) is 3.01. The van der Waals surface area contributed by atoms with Crippen LogP contribution in [0.3, 0.4) is 0 Å². The number of nitrogens with one attached hydrogen (secondary N) is 1. The Morgan fingerprint density at radius 1 is 1.70 bits per heavy atom. The zero-order valence-electron chi connectivity index (χ0n) is 6.59. The SMILES string of the molecule is C=C/C=C\C(CNC)=NC. The number of allylic oxidation sites excluding steroid dienone is 2. The summed E-state index contributed by atoms with van der Waals surface area (Å²) in [5.74, 6) is 0. The van der Waals surface area contributed by atoms with Crippen LogP contribution in [-0.4, -0.2) is 26.4 Å². The van der Waals surface area contributed by atoms with Gasteiger partial charge in [0.05, 0.1) is 0 Å². The van der Waals surface area contributed by atoms with Gasteiger partial charge in [0.1, 0.15) is 0 Å². The maximum absolute atomic E-state index is 4.03. The molecular weight excluding hydrogens is 124 g/mol. The van der Waals surface area contributed by atoms with Crippen LogP contribution in [0.15, 0.2) is 29.8 Å². The molecular formula is C8H14N2. The highest BCUT2D eigenvalue weighted by Gasteiger charge is 1.86. The van der Waals surface area contributed by atoms with Crippen molar-refractivity contribution in [2.75, 3.05) is 20.6 Å². The molecule has 0 unspecified atom stereocenters. The Kier molecular flexibility index (Phi) is 5.68. The Bertz CT molecular complexity index is 145. The summed E-state index contributed by atoms with van der Waals surface area (Å²) in [6.45, 7) is 4.37. The smallest absolute Gasteiger partial charge is 0.0482 e. The summed E-state index contributed by atoms with van der Waals surface area (Å²) in [6.07, 6.45) is 5.55. The molecule has 0 atom stereocenters. The van der Waals surface area contributed by atoms with Gasteiger partial charge in [0.25, 0.3) is 0 Å². The first kappa shape index (κ1) is 9.11. The molecule has 2 nitrogen and oxygen atoms in total. The van der Waals surface area contributed by atoms with Gasteiger partial charge in [-0.15, -0.1) is 0 Å². The van der Waals surface area contributed by atoms with Crippen LogP contribution in [0.4, 0.5) is 0 Å². The fourth-order valence-electron chi connectivity index (χ4n) is 0.573. The number of hydrogen-bond donors (Lipinski definition) is 1. The lowest BCUT2D eigenvalue weighted by Gasteiger charge is -1.95. The second-order valence-corrected chi connectivity index (χ2v) is 1.84. The highest BCUT2D eigenvalue weighted by molar-refractivity contribution is 5.96. The predicted octanol–water partition coefficient (Wildman–Crippen LogP) is 1.02. The largest absolute Gasteiger partial charge is 0.314 e. The normalized spacial score (nSPS) is 12.4. The summed E-state index contributed by atoms with van der Waals surface area (Å²) in [5.41, 5.74) is 1.03. The molecule has 0 fully saturated rings. The molecule has 0 aliphatic heterocycles. The van der Waals surface area contributed by atoms with Crippen molar-refractivity contribution in [2.24, 2.45) is 4.99 Å². The van der Waals surface area contributed by atoms with Crippen LogP contribution >= 0.6 is 0 Å². The van der Waals surface area contributed by atoms with Crippen LogP contribution in [0.25, 0.3) is 0 Å². The molecule has 0 aliphatic carbocycles. The lowest BCUT2D eigenvalue weighted by molar-refractivity contribution is 0.946. The van der Waals surface area contributed by atoms with Gasteiger partial charge in [-0.2, -0.15) is 0 Å². The fourth-order valence-corrected chi connectivity index (χ4v) is 0.573. The maximum atomic E-state index is 4.03. The van der Waals surface area contributed by atoms with Gasteiger partial charge in [0, 0.05) is 19.3 Å². The van der Waals surface area contributed by atoms with E-state index in [1.54, 1.807) is 13.1 Å². The molecule has 0 aromatic heterocycles. The summed E-state index contributed by atoms with van der Waals surface area (Å²) in [6, 6.07) is 0. The van der Waals surface area contributed by atoms with Crippen molar-refractivity contribution in [1.29, 1.82) is 0 Å². The molecule has 0 radical (unpaired) electrons. The molecule has 0 spiro atoms. The second-order valence-electron chi connectivity index (χ2n) is 1.84. The lowest BCUT2D eigenvalue weighted by Crippen LogP contribution is -2.16. The van der Waals surface area contributed by atoms with Crippen molar-refractivity contribution in [3.63, 3.8) is 0 Å². The van der Waals surface area contributed by atoms with Crippen molar-refractivity contribution < 1.29 is 0 Å². The standard InChI is InChI=1S/C8H14N2/c1-4-5-6-8(10-3)7-9-2/h4-6,9H,1,7H2,2-3H3/b6-5-,10-8?. The monoisotopic (exact) mass is 138 g/mol. The molecule has 0 heterocycles. The van der Waals surface area contributed by atoms with Crippen molar-refractivity contribution in [2.45, 2.75) is 0 Å². The van der Waals surface area contributed by atoms with E-state index in [1.165, 1.54) is 0 Å². The fraction of sp³-hybridized carbons (Fsp3) is 0.375. The molecule has 0 aromatic carbocycles. The molecule has 0 aromatic rings. The Balaban J connectivity index is 3.84. The molecule has 0 rings (SSSR count). The van der Waals surface area contributed by atoms with E-state index >= 15 is 0 Å². The second kappa shape index (κ2) is 6.23. The average molecular weight is 138 g/mol. The zero-order chi connectivity index (χ0) is 7.82. The highest BCUT2D eigenvalue weighted by atomic mass is 14.8. The van der Waals surface area contributed by atoms with E-state index in [4.69, 9.17) is 0 Å². The third-order valence-electron chi connectivity index (χ3n) is 1.07. The average Bonchev–Trinajstić information content (AvgIpc) is 1.98. The minimum Gasteiger partial charge on any atom is -0.314 e. The van der Waals surface area contributed by atoms with Crippen molar-refractivity contribution >= 4 is 5.71 Å². The van der Waals surface area contributed by atoms with E-state index in [-0.39, 0.29) is 0 Å². The highest BCUT2D eigenvalue weighted by Crippen LogP contribution is 1.79.